The van der Waals surface area contributed by atoms with Crippen molar-refractivity contribution >= 4 is 17.7 Å². The molecule has 0 saturated carbocycles. The molecule has 0 aromatic rings. The van der Waals surface area contributed by atoms with Crippen molar-refractivity contribution in [2.45, 2.75) is 30.7 Å². The number of carbonyl (C=O) groups excluding carboxylic acids is 1. The standard InChI is InChI=1S/C10H15NO2S/c12-10(13)8-6-14-9(11-8)7-4-2-1-3-5-7/h1-2,7-9,11H,3-6H2,(H,12,13)/t7-,8+,9+/m1/s1. The number of nitrogens with two attached hydrogens (primary N) is 1. The summed E-state index contributed by atoms with van der Waals surface area (Å²) in [7, 11) is 0. The van der Waals surface area contributed by atoms with E-state index in [1.54, 1.807) is 11.8 Å². The van der Waals surface area contributed by atoms with Gasteiger partial charge < -0.3 is 15.2 Å². The van der Waals surface area contributed by atoms with Crippen molar-refractivity contribution in [3.63, 3.8) is 0 Å². The van der Waals surface area contributed by atoms with E-state index in [0.29, 0.717) is 17.0 Å². The third kappa shape index (κ3) is 2.12. The predicted molar refractivity (Wildman–Crippen MR) is 53.4 cm³/mol. The van der Waals surface area contributed by atoms with Gasteiger partial charge in [0.15, 0.2) is 0 Å². The molecule has 1 fully saturated rings. The van der Waals surface area contributed by atoms with Gasteiger partial charge in [0.2, 0.25) is 0 Å². The molecule has 2 N–H and O–H groups in total. The number of hydrogen-bond acceptors (Lipinski definition) is 3. The van der Waals surface area contributed by atoms with Gasteiger partial charge in [-0.15, -0.1) is 0 Å². The molecule has 4 heteroatoms. The number of allylic oxidation sites excluding steroid dienone is 2. The second-order valence-corrected chi connectivity index (χ2v) is 5.17. The van der Waals surface area contributed by atoms with Crippen molar-refractivity contribution in [3.8, 4) is 0 Å². The Bertz CT molecular complexity index is 255. The number of carboxylic acid groups (broad SMARTS) is 1. The fraction of sp³-hybridized carbons (Fsp3) is 0.700. The van der Waals surface area contributed by atoms with E-state index in [-0.39, 0.29) is 6.04 Å². The summed E-state index contributed by atoms with van der Waals surface area (Å²) in [6.45, 7) is 0. The molecule has 2 aliphatic rings. The average molecular weight is 213 g/mol. The van der Waals surface area contributed by atoms with E-state index in [4.69, 9.17) is 0 Å². The Morgan fingerprint density at radius 2 is 2.36 bits per heavy atom. The summed E-state index contributed by atoms with van der Waals surface area (Å²) in [4.78, 5) is 10.7. The van der Waals surface area contributed by atoms with Gasteiger partial charge in [0.05, 0.1) is 5.75 Å². The normalized spacial score (nSPS) is 37.3. The summed E-state index contributed by atoms with van der Waals surface area (Å²) in [5, 5.41) is 13.1. The van der Waals surface area contributed by atoms with Crippen molar-refractivity contribution in [3.05, 3.63) is 12.2 Å². The van der Waals surface area contributed by atoms with Crippen molar-refractivity contribution in [2.24, 2.45) is 5.92 Å². The lowest BCUT2D eigenvalue weighted by Crippen LogP contribution is -2.95. The van der Waals surface area contributed by atoms with Gasteiger partial charge in [0, 0.05) is 5.92 Å². The second kappa shape index (κ2) is 4.36. The highest BCUT2D eigenvalue weighted by molar-refractivity contribution is 7.99. The lowest BCUT2D eigenvalue weighted by molar-refractivity contribution is -0.690. The summed E-state index contributed by atoms with van der Waals surface area (Å²) in [5.41, 5.74) is 0. The van der Waals surface area contributed by atoms with Crippen LogP contribution in [0.25, 0.3) is 0 Å². The maximum absolute atomic E-state index is 10.7. The zero-order valence-corrected chi connectivity index (χ0v) is 8.83. The van der Waals surface area contributed by atoms with Crippen LogP contribution in [0, 0.1) is 5.92 Å². The van der Waals surface area contributed by atoms with Crippen molar-refractivity contribution in [1.82, 2.24) is 0 Å². The van der Waals surface area contributed by atoms with Crippen LogP contribution in [0.5, 0.6) is 0 Å². The molecule has 0 radical (unpaired) electrons. The molecule has 78 valence electrons. The molecular formula is C10H15NO2S. The van der Waals surface area contributed by atoms with Gasteiger partial charge in [-0.1, -0.05) is 23.9 Å². The van der Waals surface area contributed by atoms with Crippen molar-refractivity contribution < 1.29 is 15.2 Å². The molecule has 0 spiro atoms. The van der Waals surface area contributed by atoms with Gasteiger partial charge in [0.25, 0.3) is 0 Å². The van der Waals surface area contributed by atoms with E-state index >= 15 is 0 Å². The van der Waals surface area contributed by atoms with Crippen molar-refractivity contribution in [1.29, 1.82) is 0 Å². The molecule has 0 bridgehead atoms. The molecule has 14 heavy (non-hydrogen) atoms. The van der Waals surface area contributed by atoms with E-state index in [0.717, 1.165) is 12.8 Å². The average Bonchev–Trinajstić information content (AvgIpc) is 2.68. The van der Waals surface area contributed by atoms with E-state index in [2.05, 4.69) is 12.2 Å². The third-order valence-electron chi connectivity index (χ3n) is 2.97. The zero-order chi connectivity index (χ0) is 9.97. The Hall–Kier alpha value is -0.480. The van der Waals surface area contributed by atoms with E-state index in [1.807, 2.05) is 5.32 Å². The molecule has 0 aromatic carbocycles. The number of carbonyl (C=O) groups is 1. The molecule has 0 unspecified atom stereocenters. The van der Waals surface area contributed by atoms with E-state index < -0.39 is 5.97 Å². The highest BCUT2D eigenvalue weighted by Gasteiger charge is 2.35. The van der Waals surface area contributed by atoms with E-state index in [9.17, 15) is 9.90 Å². The molecule has 1 aliphatic heterocycles. The van der Waals surface area contributed by atoms with Gasteiger partial charge in [-0.3, -0.25) is 0 Å². The smallest absolute Gasteiger partial charge is 0.136 e. The van der Waals surface area contributed by atoms with Crippen LogP contribution < -0.4 is 10.4 Å². The summed E-state index contributed by atoms with van der Waals surface area (Å²) < 4.78 is 0. The van der Waals surface area contributed by atoms with Crippen LogP contribution in [0.4, 0.5) is 0 Å². The maximum atomic E-state index is 10.7. The molecule has 3 atom stereocenters. The molecular weight excluding hydrogens is 198 g/mol. The number of thioether (sulfide) groups is 1. The lowest BCUT2D eigenvalue weighted by atomic mass is 9.94. The lowest BCUT2D eigenvalue weighted by Gasteiger charge is -2.21. The maximum Gasteiger partial charge on any atom is 0.136 e. The third-order valence-corrected chi connectivity index (χ3v) is 4.45. The Balaban J connectivity index is 1.88. The summed E-state index contributed by atoms with van der Waals surface area (Å²) in [5.74, 6) is 0.438. The van der Waals surface area contributed by atoms with Gasteiger partial charge in [-0.2, -0.15) is 0 Å². The van der Waals surface area contributed by atoms with Gasteiger partial charge in [-0.25, -0.2) is 0 Å². The second-order valence-electron chi connectivity index (χ2n) is 3.96. The molecule has 0 aromatic heterocycles. The van der Waals surface area contributed by atoms with Gasteiger partial charge in [-0.05, 0) is 19.3 Å². The summed E-state index contributed by atoms with van der Waals surface area (Å²) in [6, 6.07) is -0.323. The van der Waals surface area contributed by atoms with E-state index in [1.165, 1.54) is 6.42 Å². The Morgan fingerprint density at radius 1 is 1.50 bits per heavy atom. The number of rotatable bonds is 2. The number of carboxylic acids is 1. The van der Waals surface area contributed by atoms with Gasteiger partial charge >= 0.3 is 0 Å². The first-order chi connectivity index (χ1) is 6.77. The first-order valence-corrected chi connectivity index (χ1v) is 6.14. The predicted octanol–water partition coefficient (Wildman–Crippen LogP) is -0.902. The Kier molecular flexibility index (Phi) is 3.13. The topological polar surface area (TPSA) is 56.7 Å². The summed E-state index contributed by atoms with van der Waals surface area (Å²) >= 11 is 1.78. The van der Waals surface area contributed by atoms with Crippen molar-refractivity contribution in [2.75, 3.05) is 5.75 Å². The summed E-state index contributed by atoms with van der Waals surface area (Å²) in [6.07, 6.45) is 7.88. The minimum absolute atomic E-state index is 0.323. The Labute approximate surface area is 88.0 Å². The number of hydrogen-bond donors (Lipinski definition) is 1. The number of aliphatic carboxylic acids is 1. The molecule has 1 heterocycles. The van der Waals surface area contributed by atoms with Gasteiger partial charge in [0.1, 0.15) is 17.4 Å². The van der Waals surface area contributed by atoms with Crippen LogP contribution in [0.2, 0.25) is 0 Å². The van der Waals surface area contributed by atoms with Crippen LogP contribution in [-0.2, 0) is 4.79 Å². The van der Waals surface area contributed by atoms with Crippen LogP contribution in [0.15, 0.2) is 12.2 Å². The fourth-order valence-electron chi connectivity index (χ4n) is 2.11. The Morgan fingerprint density at radius 3 is 2.93 bits per heavy atom. The molecule has 1 saturated heterocycles. The first-order valence-electron chi connectivity index (χ1n) is 5.10. The largest absolute Gasteiger partial charge is 0.544 e. The zero-order valence-electron chi connectivity index (χ0n) is 8.02. The number of quaternary nitrogens is 1. The molecule has 1 aliphatic carbocycles. The van der Waals surface area contributed by atoms with Crippen LogP contribution >= 0.6 is 11.8 Å². The molecule has 2 rings (SSSR count). The molecule has 0 amide bonds. The highest BCUT2D eigenvalue weighted by atomic mass is 32.2. The minimum atomic E-state index is -0.911. The van der Waals surface area contributed by atoms with Crippen LogP contribution in [0.1, 0.15) is 19.3 Å². The van der Waals surface area contributed by atoms with Crippen LogP contribution in [0.3, 0.4) is 0 Å². The fourth-order valence-corrected chi connectivity index (χ4v) is 3.61. The monoisotopic (exact) mass is 213 g/mol. The first kappa shape index (κ1) is 10.1. The quantitative estimate of drug-likeness (QED) is 0.605. The SMILES string of the molecule is O=C([O-])[C@@H]1CS[C@@H]([C@@H]2CC=CCC2)[NH2+]1. The minimum Gasteiger partial charge on any atom is -0.544 e. The molecule has 3 nitrogen and oxygen atoms in total. The van der Waals surface area contributed by atoms with Crippen LogP contribution in [-0.4, -0.2) is 23.1 Å². The highest BCUT2D eigenvalue weighted by Crippen LogP contribution is 2.28.